The quantitative estimate of drug-likeness (QED) is 0.802. The van der Waals surface area contributed by atoms with Crippen LogP contribution in [0.2, 0.25) is 0 Å². The number of anilines is 1. The first kappa shape index (κ1) is 15.1. The van der Waals surface area contributed by atoms with Gasteiger partial charge in [-0.05, 0) is 24.3 Å². The molecule has 0 fully saturated rings. The summed E-state index contributed by atoms with van der Waals surface area (Å²) in [4.78, 5) is 26.4. The molecule has 0 aliphatic heterocycles. The summed E-state index contributed by atoms with van der Waals surface area (Å²) in [5.74, 6) is -0.477. The van der Waals surface area contributed by atoms with Gasteiger partial charge in [-0.2, -0.15) is 0 Å². The fourth-order valence-corrected chi connectivity index (χ4v) is 2.37. The van der Waals surface area contributed by atoms with Crippen molar-refractivity contribution in [2.75, 3.05) is 11.1 Å². The molecule has 0 atom stereocenters. The van der Waals surface area contributed by atoms with Gasteiger partial charge in [-0.15, -0.1) is 11.8 Å². The Hall–Kier alpha value is -2.34. The van der Waals surface area contributed by atoms with E-state index in [2.05, 4.69) is 10.3 Å². The van der Waals surface area contributed by atoms with Crippen LogP contribution in [0.1, 0.15) is 16.8 Å². The number of carboxylic acid groups (broad SMARTS) is 1. The number of hydrogen-bond donors (Lipinski definition) is 2. The lowest BCUT2D eigenvalue weighted by molar-refractivity contribution is -0.115. The zero-order valence-electron chi connectivity index (χ0n) is 11.2. The molecule has 6 heteroatoms. The van der Waals surface area contributed by atoms with Gasteiger partial charge in [0.15, 0.2) is 0 Å². The SMILES string of the molecule is O=C(CCSc1ccc(C(=O)O)cn1)Nc1ccccc1. The fraction of sp³-hybridized carbons (Fsp3) is 0.133. The minimum absolute atomic E-state index is 0.0594. The van der Waals surface area contributed by atoms with Crippen molar-refractivity contribution in [1.29, 1.82) is 0 Å². The zero-order valence-corrected chi connectivity index (χ0v) is 12.0. The van der Waals surface area contributed by atoms with Gasteiger partial charge in [0.1, 0.15) is 0 Å². The van der Waals surface area contributed by atoms with Crippen molar-refractivity contribution in [3.05, 3.63) is 54.2 Å². The maximum absolute atomic E-state index is 11.7. The molecule has 1 heterocycles. The van der Waals surface area contributed by atoms with Gasteiger partial charge in [0.2, 0.25) is 5.91 Å². The summed E-state index contributed by atoms with van der Waals surface area (Å²) in [6, 6.07) is 12.4. The van der Waals surface area contributed by atoms with Crippen molar-refractivity contribution in [3.63, 3.8) is 0 Å². The van der Waals surface area contributed by atoms with Crippen molar-refractivity contribution in [2.45, 2.75) is 11.4 Å². The standard InChI is InChI=1S/C15H14N2O3S/c18-13(17-12-4-2-1-3-5-12)8-9-21-14-7-6-11(10-16-14)15(19)20/h1-7,10H,8-9H2,(H,17,18)(H,19,20). The molecule has 0 radical (unpaired) electrons. The number of pyridine rings is 1. The summed E-state index contributed by atoms with van der Waals surface area (Å²) >= 11 is 1.41. The van der Waals surface area contributed by atoms with E-state index in [4.69, 9.17) is 5.11 Å². The Balaban J connectivity index is 1.76. The fourth-order valence-electron chi connectivity index (χ4n) is 1.59. The van der Waals surface area contributed by atoms with Crippen molar-refractivity contribution in [3.8, 4) is 0 Å². The second-order valence-electron chi connectivity index (χ2n) is 4.20. The van der Waals surface area contributed by atoms with E-state index in [0.717, 1.165) is 5.69 Å². The van der Waals surface area contributed by atoms with E-state index in [9.17, 15) is 9.59 Å². The number of carbonyl (C=O) groups is 2. The summed E-state index contributed by atoms with van der Waals surface area (Å²) < 4.78 is 0. The number of carbonyl (C=O) groups excluding carboxylic acids is 1. The molecule has 0 bridgehead atoms. The van der Waals surface area contributed by atoms with E-state index >= 15 is 0 Å². The van der Waals surface area contributed by atoms with E-state index in [-0.39, 0.29) is 11.5 Å². The Bertz CT molecular complexity index is 615. The number of aromatic carboxylic acids is 1. The van der Waals surface area contributed by atoms with Gasteiger partial charge >= 0.3 is 5.97 Å². The molecule has 1 aromatic carbocycles. The van der Waals surface area contributed by atoms with Gasteiger partial charge in [0.05, 0.1) is 10.6 Å². The number of rotatable bonds is 6. The van der Waals surface area contributed by atoms with Gasteiger partial charge in [0.25, 0.3) is 0 Å². The molecular formula is C15H14N2O3S. The lowest BCUT2D eigenvalue weighted by Crippen LogP contribution is -2.12. The van der Waals surface area contributed by atoms with E-state index in [1.54, 1.807) is 6.07 Å². The Morgan fingerprint density at radius 1 is 1.14 bits per heavy atom. The van der Waals surface area contributed by atoms with Gasteiger partial charge in [-0.25, -0.2) is 9.78 Å². The molecule has 2 rings (SSSR count). The number of carboxylic acids is 1. The number of amides is 1. The third-order valence-corrected chi connectivity index (χ3v) is 3.57. The largest absolute Gasteiger partial charge is 0.478 e. The first-order valence-corrected chi connectivity index (χ1v) is 7.31. The molecule has 0 spiro atoms. The van der Waals surface area contributed by atoms with Gasteiger partial charge < -0.3 is 10.4 Å². The molecule has 0 saturated carbocycles. The summed E-state index contributed by atoms with van der Waals surface area (Å²) in [5, 5.41) is 12.3. The third-order valence-electron chi connectivity index (χ3n) is 2.62. The van der Waals surface area contributed by atoms with Gasteiger partial charge in [-0.3, -0.25) is 4.79 Å². The first-order chi connectivity index (χ1) is 10.1. The van der Waals surface area contributed by atoms with Crippen molar-refractivity contribution in [1.82, 2.24) is 4.98 Å². The van der Waals surface area contributed by atoms with Gasteiger partial charge in [-0.1, -0.05) is 18.2 Å². The number of nitrogens with zero attached hydrogens (tertiary/aromatic N) is 1. The zero-order chi connectivity index (χ0) is 15.1. The molecule has 108 valence electrons. The number of benzene rings is 1. The lowest BCUT2D eigenvalue weighted by Gasteiger charge is -2.04. The van der Waals surface area contributed by atoms with E-state index < -0.39 is 5.97 Å². The van der Waals surface area contributed by atoms with Crippen molar-refractivity contribution < 1.29 is 14.7 Å². The predicted molar refractivity (Wildman–Crippen MR) is 81.6 cm³/mol. The van der Waals surface area contributed by atoms with E-state index in [1.807, 2.05) is 30.3 Å². The monoisotopic (exact) mass is 302 g/mol. The average molecular weight is 302 g/mol. The maximum Gasteiger partial charge on any atom is 0.337 e. The average Bonchev–Trinajstić information content (AvgIpc) is 2.49. The first-order valence-electron chi connectivity index (χ1n) is 6.32. The van der Waals surface area contributed by atoms with Crippen LogP contribution in [-0.4, -0.2) is 27.7 Å². The summed E-state index contributed by atoms with van der Waals surface area (Å²) in [7, 11) is 0. The molecule has 2 N–H and O–H groups in total. The minimum atomic E-state index is -0.999. The minimum Gasteiger partial charge on any atom is -0.478 e. The molecule has 0 aliphatic rings. The topological polar surface area (TPSA) is 79.3 Å². The lowest BCUT2D eigenvalue weighted by atomic mass is 10.3. The number of thioether (sulfide) groups is 1. The molecule has 5 nitrogen and oxygen atoms in total. The second-order valence-corrected chi connectivity index (χ2v) is 5.32. The van der Waals surface area contributed by atoms with Crippen LogP contribution in [0.4, 0.5) is 5.69 Å². The molecule has 2 aromatic rings. The van der Waals surface area contributed by atoms with Crippen LogP contribution in [0.25, 0.3) is 0 Å². The normalized spacial score (nSPS) is 10.1. The Morgan fingerprint density at radius 3 is 2.52 bits per heavy atom. The van der Waals surface area contributed by atoms with Crippen LogP contribution < -0.4 is 5.32 Å². The molecule has 1 amide bonds. The number of para-hydroxylation sites is 1. The summed E-state index contributed by atoms with van der Waals surface area (Å²) in [5.41, 5.74) is 0.928. The molecule has 0 saturated heterocycles. The number of aromatic nitrogens is 1. The van der Waals surface area contributed by atoms with Crippen LogP contribution in [0.15, 0.2) is 53.7 Å². The number of hydrogen-bond acceptors (Lipinski definition) is 4. The smallest absolute Gasteiger partial charge is 0.337 e. The summed E-state index contributed by atoms with van der Waals surface area (Å²) in [6.07, 6.45) is 1.68. The number of nitrogens with one attached hydrogen (secondary N) is 1. The van der Waals surface area contributed by atoms with Crippen LogP contribution in [0.3, 0.4) is 0 Å². The van der Waals surface area contributed by atoms with Crippen LogP contribution >= 0.6 is 11.8 Å². The molecular weight excluding hydrogens is 288 g/mol. The van der Waals surface area contributed by atoms with E-state index in [0.29, 0.717) is 17.2 Å². The van der Waals surface area contributed by atoms with Crippen LogP contribution in [-0.2, 0) is 4.79 Å². The van der Waals surface area contributed by atoms with Crippen molar-refractivity contribution in [2.24, 2.45) is 0 Å². The van der Waals surface area contributed by atoms with Crippen LogP contribution in [0, 0.1) is 0 Å². The Labute approximate surface area is 126 Å². The maximum atomic E-state index is 11.7. The summed E-state index contributed by atoms with van der Waals surface area (Å²) in [6.45, 7) is 0. The van der Waals surface area contributed by atoms with E-state index in [1.165, 1.54) is 24.0 Å². The third kappa shape index (κ3) is 4.92. The second kappa shape index (κ2) is 7.44. The van der Waals surface area contributed by atoms with Crippen LogP contribution in [0.5, 0.6) is 0 Å². The Kier molecular flexibility index (Phi) is 5.34. The highest BCUT2D eigenvalue weighted by Gasteiger charge is 2.05. The molecule has 1 aromatic heterocycles. The Morgan fingerprint density at radius 2 is 1.90 bits per heavy atom. The highest BCUT2D eigenvalue weighted by molar-refractivity contribution is 7.99. The molecule has 0 unspecified atom stereocenters. The molecule has 0 aliphatic carbocycles. The highest BCUT2D eigenvalue weighted by atomic mass is 32.2. The highest BCUT2D eigenvalue weighted by Crippen LogP contribution is 2.16. The molecule has 21 heavy (non-hydrogen) atoms. The van der Waals surface area contributed by atoms with Gasteiger partial charge in [0, 0.05) is 24.1 Å². The predicted octanol–water partition coefficient (Wildman–Crippen LogP) is 2.90. The van der Waals surface area contributed by atoms with Crippen molar-refractivity contribution >= 4 is 29.3 Å².